The summed E-state index contributed by atoms with van der Waals surface area (Å²) >= 11 is 0. The van der Waals surface area contributed by atoms with Gasteiger partial charge in [-0.1, -0.05) is 0 Å². The van der Waals surface area contributed by atoms with Gasteiger partial charge in [0.25, 0.3) is 5.56 Å². The molecule has 2 rings (SSSR count). The first-order chi connectivity index (χ1) is 8.08. The summed E-state index contributed by atoms with van der Waals surface area (Å²) in [6.07, 6.45) is 0. The van der Waals surface area contributed by atoms with Crippen LogP contribution in [0.1, 0.15) is 0 Å². The van der Waals surface area contributed by atoms with E-state index < -0.39 is 0 Å². The zero-order valence-corrected chi connectivity index (χ0v) is 10.1. The molecule has 0 amide bonds. The Morgan fingerprint density at radius 1 is 1.29 bits per heavy atom. The molecule has 2 heterocycles. The van der Waals surface area contributed by atoms with Crippen molar-refractivity contribution in [2.24, 2.45) is 0 Å². The molecule has 0 atom stereocenters. The Hall–Kier alpha value is -1.88. The zero-order chi connectivity index (χ0) is 12.4. The molecule has 0 aliphatic heterocycles. The van der Waals surface area contributed by atoms with Gasteiger partial charge in [0.05, 0.1) is 0 Å². The van der Waals surface area contributed by atoms with Crippen molar-refractivity contribution in [1.29, 1.82) is 0 Å². The number of hydrogen-bond acceptors (Lipinski definition) is 4. The second-order valence-corrected chi connectivity index (χ2v) is 4.28. The summed E-state index contributed by atoms with van der Waals surface area (Å²) in [6, 6.07) is 6.96. The van der Waals surface area contributed by atoms with Crippen LogP contribution < -0.4 is 11.3 Å². The van der Waals surface area contributed by atoms with Gasteiger partial charge in [0.15, 0.2) is 0 Å². The summed E-state index contributed by atoms with van der Waals surface area (Å²) in [5, 5.41) is 0.928. The van der Waals surface area contributed by atoms with Crippen molar-refractivity contribution in [1.82, 2.24) is 14.5 Å². The maximum absolute atomic E-state index is 11.8. The Labute approximate surface area is 99.5 Å². The van der Waals surface area contributed by atoms with Crippen LogP contribution in [0, 0.1) is 0 Å². The number of nitrogen functional groups attached to an aromatic ring is 1. The molecule has 0 aromatic carbocycles. The van der Waals surface area contributed by atoms with Crippen LogP contribution in [-0.2, 0) is 6.54 Å². The summed E-state index contributed by atoms with van der Waals surface area (Å²) in [4.78, 5) is 18.1. The predicted octanol–water partition coefficient (Wildman–Crippen LogP) is 0.540. The van der Waals surface area contributed by atoms with E-state index in [-0.39, 0.29) is 5.56 Å². The van der Waals surface area contributed by atoms with E-state index in [2.05, 4.69) is 4.98 Å². The van der Waals surface area contributed by atoms with Gasteiger partial charge < -0.3 is 10.6 Å². The van der Waals surface area contributed by atoms with Crippen molar-refractivity contribution in [3.63, 3.8) is 0 Å². The van der Waals surface area contributed by atoms with E-state index in [1.165, 1.54) is 0 Å². The fourth-order valence-corrected chi connectivity index (χ4v) is 1.69. The molecule has 0 radical (unpaired) electrons. The number of pyridine rings is 2. The average Bonchev–Trinajstić information content (AvgIpc) is 2.27. The molecule has 5 heteroatoms. The molecule has 90 valence electrons. The van der Waals surface area contributed by atoms with Gasteiger partial charge in [-0.25, -0.2) is 4.98 Å². The maximum Gasteiger partial charge on any atom is 0.252 e. The Morgan fingerprint density at radius 3 is 2.71 bits per heavy atom. The van der Waals surface area contributed by atoms with E-state index in [1.54, 1.807) is 22.8 Å². The third kappa shape index (κ3) is 2.45. The normalized spacial score (nSPS) is 11.2. The number of nitrogens with two attached hydrogens (primary N) is 1. The number of aromatic nitrogens is 2. The fraction of sp³-hybridized carbons (Fsp3) is 0.333. The molecule has 0 aliphatic rings. The summed E-state index contributed by atoms with van der Waals surface area (Å²) in [7, 11) is 3.94. The van der Waals surface area contributed by atoms with Crippen LogP contribution in [0.25, 0.3) is 11.0 Å². The molecule has 0 unspecified atom stereocenters. The van der Waals surface area contributed by atoms with Crippen molar-refractivity contribution in [3.8, 4) is 0 Å². The summed E-state index contributed by atoms with van der Waals surface area (Å²) < 4.78 is 1.66. The van der Waals surface area contributed by atoms with Crippen LogP contribution in [0.15, 0.2) is 29.1 Å². The Kier molecular flexibility index (Phi) is 3.10. The van der Waals surface area contributed by atoms with Gasteiger partial charge >= 0.3 is 0 Å². The number of likely N-dealkylation sites (N-methyl/N-ethyl adjacent to an activating group) is 1. The molecular weight excluding hydrogens is 216 g/mol. The first-order valence-corrected chi connectivity index (χ1v) is 5.49. The van der Waals surface area contributed by atoms with E-state index in [4.69, 9.17) is 5.73 Å². The highest BCUT2D eigenvalue weighted by molar-refractivity contribution is 5.76. The van der Waals surface area contributed by atoms with Crippen molar-refractivity contribution < 1.29 is 0 Å². The Morgan fingerprint density at radius 2 is 2.00 bits per heavy atom. The molecule has 0 fully saturated rings. The maximum atomic E-state index is 11.8. The molecule has 0 saturated heterocycles. The van der Waals surface area contributed by atoms with E-state index in [0.717, 1.165) is 11.9 Å². The highest BCUT2D eigenvalue weighted by Gasteiger charge is 2.05. The number of anilines is 1. The third-order valence-corrected chi connectivity index (χ3v) is 2.62. The van der Waals surface area contributed by atoms with Crippen molar-refractivity contribution in [2.45, 2.75) is 6.54 Å². The van der Waals surface area contributed by atoms with E-state index in [0.29, 0.717) is 18.0 Å². The second-order valence-electron chi connectivity index (χ2n) is 4.28. The molecular formula is C12H16N4O. The van der Waals surface area contributed by atoms with Crippen molar-refractivity contribution >= 4 is 16.9 Å². The lowest BCUT2D eigenvalue weighted by Gasteiger charge is -2.13. The number of hydrogen-bond donors (Lipinski definition) is 1. The van der Waals surface area contributed by atoms with Crippen LogP contribution >= 0.6 is 0 Å². The molecule has 2 aromatic heterocycles. The monoisotopic (exact) mass is 232 g/mol. The minimum absolute atomic E-state index is 0.0440. The van der Waals surface area contributed by atoms with Gasteiger partial charge in [-0.05, 0) is 32.3 Å². The minimum atomic E-state index is -0.0440. The average molecular weight is 232 g/mol. The van der Waals surface area contributed by atoms with Gasteiger partial charge in [-0.15, -0.1) is 0 Å². The van der Waals surface area contributed by atoms with Gasteiger partial charge in [-0.3, -0.25) is 9.36 Å². The largest absolute Gasteiger partial charge is 0.384 e. The van der Waals surface area contributed by atoms with E-state index in [1.807, 2.05) is 25.1 Å². The highest BCUT2D eigenvalue weighted by Crippen LogP contribution is 2.11. The summed E-state index contributed by atoms with van der Waals surface area (Å²) in [5.41, 5.74) is 6.27. The van der Waals surface area contributed by atoms with Crippen LogP contribution in [0.3, 0.4) is 0 Å². The van der Waals surface area contributed by atoms with Crippen LogP contribution in [0.4, 0.5) is 5.82 Å². The molecule has 0 saturated carbocycles. The third-order valence-electron chi connectivity index (χ3n) is 2.62. The first-order valence-electron chi connectivity index (χ1n) is 5.49. The van der Waals surface area contributed by atoms with Gasteiger partial charge in [0.2, 0.25) is 0 Å². The quantitative estimate of drug-likeness (QED) is 0.839. The van der Waals surface area contributed by atoms with E-state index in [9.17, 15) is 4.79 Å². The van der Waals surface area contributed by atoms with Crippen molar-refractivity contribution in [3.05, 3.63) is 34.6 Å². The van der Waals surface area contributed by atoms with Crippen molar-refractivity contribution in [2.75, 3.05) is 26.4 Å². The van der Waals surface area contributed by atoms with Gasteiger partial charge in [0.1, 0.15) is 11.5 Å². The fourth-order valence-electron chi connectivity index (χ4n) is 1.69. The Bertz CT molecular complexity index is 589. The summed E-state index contributed by atoms with van der Waals surface area (Å²) in [5.74, 6) is 0.432. The smallest absolute Gasteiger partial charge is 0.252 e. The molecule has 2 N–H and O–H groups in total. The second kappa shape index (κ2) is 4.55. The lowest BCUT2D eigenvalue weighted by atomic mass is 10.3. The first kappa shape index (κ1) is 11.6. The highest BCUT2D eigenvalue weighted by atomic mass is 16.1. The van der Waals surface area contributed by atoms with E-state index >= 15 is 0 Å². The number of rotatable bonds is 3. The zero-order valence-electron chi connectivity index (χ0n) is 10.1. The molecule has 2 aromatic rings. The van der Waals surface area contributed by atoms with Gasteiger partial charge in [0, 0.05) is 24.5 Å². The lowest BCUT2D eigenvalue weighted by Crippen LogP contribution is -2.26. The minimum Gasteiger partial charge on any atom is -0.384 e. The standard InChI is InChI=1S/C12H16N4O/c1-15(2)7-8-16-11(17)6-4-9-3-5-10(13)14-12(9)16/h3-6H,7-8H2,1-2H3,(H2,13,14). The number of fused-ring (bicyclic) bond motifs is 1. The summed E-state index contributed by atoms with van der Waals surface area (Å²) in [6.45, 7) is 1.40. The van der Waals surface area contributed by atoms with Crippen LogP contribution in [0.2, 0.25) is 0 Å². The molecule has 0 spiro atoms. The van der Waals surface area contributed by atoms with Crippen LogP contribution in [0.5, 0.6) is 0 Å². The topological polar surface area (TPSA) is 64.2 Å². The molecule has 0 bridgehead atoms. The SMILES string of the molecule is CN(C)CCn1c(=O)ccc2ccc(N)nc21. The molecule has 0 aliphatic carbocycles. The lowest BCUT2D eigenvalue weighted by molar-refractivity contribution is 0.383. The number of nitrogens with zero attached hydrogens (tertiary/aromatic N) is 3. The van der Waals surface area contributed by atoms with Gasteiger partial charge in [-0.2, -0.15) is 0 Å². The molecule has 5 nitrogen and oxygen atoms in total. The Balaban J connectivity index is 2.54. The predicted molar refractivity (Wildman–Crippen MR) is 69.0 cm³/mol. The van der Waals surface area contributed by atoms with Crippen LogP contribution in [-0.4, -0.2) is 35.1 Å². The molecule has 17 heavy (non-hydrogen) atoms.